The van der Waals surface area contributed by atoms with Crippen molar-refractivity contribution in [1.29, 1.82) is 0 Å². The van der Waals surface area contributed by atoms with Crippen molar-refractivity contribution in [3.8, 4) is 0 Å². The van der Waals surface area contributed by atoms with Crippen molar-refractivity contribution >= 4 is 11.9 Å². The number of carbonyl (C=O) groups excluding carboxylic acids is 2. The lowest BCUT2D eigenvalue weighted by Crippen LogP contribution is -2.38. The van der Waals surface area contributed by atoms with Gasteiger partial charge >= 0.3 is 5.97 Å². The number of carbonyl (C=O) groups is 2. The van der Waals surface area contributed by atoms with Crippen molar-refractivity contribution < 1.29 is 14.3 Å². The lowest BCUT2D eigenvalue weighted by atomic mass is 9.83. The normalized spacial score (nSPS) is 16.9. The Morgan fingerprint density at radius 3 is 2.50 bits per heavy atom. The van der Waals surface area contributed by atoms with Crippen LogP contribution in [0.4, 0.5) is 0 Å². The van der Waals surface area contributed by atoms with Crippen LogP contribution in [0.15, 0.2) is 78.5 Å². The zero-order valence-electron chi connectivity index (χ0n) is 16.4. The summed E-state index contributed by atoms with van der Waals surface area (Å²) in [6, 6.07) is 17.6. The predicted octanol–water partition coefficient (Wildman–Crippen LogP) is 4.51. The van der Waals surface area contributed by atoms with Crippen LogP contribution < -0.4 is 0 Å². The number of hydrogen-bond donors (Lipinski definition) is 0. The van der Waals surface area contributed by atoms with Gasteiger partial charge in [-0.25, -0.2) is 4.79 Å². The first kappa shape index (κ1) is 19.6. The van der Waals surface area contributed by atoms with E-state index < -0.39 is 5.97 Å². The highest BCUT2D eigenvalue weighted by molar-refractivity contribution is 5.95. The van der Waals surface area contributed by atoms with Gasteiger partial charge < -0.3 is 9.64 Å². The second-order valence-electron chi connectivity index (χ2n) is 6.96. The van der Waals surface area contributed by atoms with Gasteiger partial charge in [-0.1, -0.05) is 67.3 Å². The molecule has 0 N–H and O–H groups in total. The summed E-state index contributed by atoms with van der Waals surface area (Å²) < 4.78 is 5.36. The average molecular weight is 375 g/mol. The van der Waals surface area contributed by atoms with Gasteiger partial charge in [0.25, 0.3) is 0 Å². The number of amides is 1. The second kappa shape index (κ2) is 8.70. The van der Waals surface area contributed by atoms with Gasteiger partial charge in [0.2, 0.25) is 5.91 Å². The molecule has 0 aromatic heterocycles. The second-order valence-corrected chi connectivity index (χ2v) is 6.96. The van der Waals surface area contributed by atoms with Gasteiger partial charge in [-0.2, -0.15) is 0 Å². The average Bonchev–Trinajstić information content (AvgIpc) is 2.70. The van der Waals surface area contributed by atoms with Crippen LogP contribution in [0.2, 0.25) is 0 Å². The lowest BCUT2D eigenvalue weighted by Gasteiger charge is -2.34. The van der Waals surface area contributed by atoms with Crippen molar-refractivity contribution in [3.05, 3.63) is 95.2 Å². The Kier molecular flexibility index (Phi) is 6.09. The van der Waals surface area contributed by atoms with Crippen LogP contribution in [0.25, 0.3) is 0 Å². The van der Waals surface area contributed by atoms with Crippen molar-refractivity contribution in [2.45, 2.75) is 32.7 Å². The molecule has 1 heterocycles. The maximum Gasteiger partial charge on any atom is 0.336 e. The molecule has 0 saturated heterocycles. The largest absolute Gasteiger partial charge is 0.458 e. The molecular formula is C24H25NO3. The first-order valence-electron chi connectivity index (χ1n) is 9.41. The van der Waals surface area contributed by atoms with Gasteiger partial charge in [-0.15, -0.1) is 0 Å². The molecule has 0 radical (unpaired) electrons. The summed E-state index contributed by atoms with van der Waals surface area (Å²) in [7, 11) is 0. The van der Waals surface area contributed by atoms with E-state index in [1.807, 2.05) is 68.4 Å². The van der Waals surface area contributed by atoms with Crippen LogP contribution in [0.1, 0.15) is 36.0 Å². The van der Waals surface area contributed by atoms with Gasteiger partial charge in [0.15, 0.2) is 0 Å². The number of rotatable bonds is 6. The fraction of sp³-hybridized carbons (Fsp3) is 0.250. The first-order chi connectivity index (χ1) is 13.5. The van der Waals surface area contributed by atoms with Crippen molar-refractivity contribution in [3.63, 3.8) is 0 Å². The molecule has 144 valence electrons. The number of ether oxygens (including phenoxy) is 1. The van der Waals surface area contributed by atoms with E-state index in [4.69, 9.17) is 4.74 Å². The standard InChI is InChI=1S/C24H25NO3/c1-4-14-28-24(27)23-18(3)25(16-20-13-9-8-10-17(20)2)22(26)15-21(23)19-11-6-5-7-12-19/h4-13,21H,1,14-16H2,2-3H3. The van der Waals surface area contributed by atoms with E-state index in [1.165, 1.54) is 0 Å². The summed E-state index contributed by atoms with van der Waals surface area (Å²) >= 11 is 0. The Balaban J connectivity index is 2.02. The third-order valence-corrected chi connectivity index (χ3v) is 5.17. The molecule has 0 spiro atoms. The Morgan fingerprint density at radius 2 is 1.82 bits per heavy atom. The summed E-state index contributed by atoms with van der Waals surface area (Å²) in [4.78, 5) is 27.6. The molecule has 2 aromatic carbocycles. The predicted molar refractivity (Wildman–Crippen MR) is 109 cm³/mol. The van der Waals surface area contributed by atoms with E-state index in [0.29, 0.717) is 17.8 Å². The molecule has 0 saturated carbocycles. The van der Waals surface area contributed by atoms with Crippen LogP contribution in [0.3, 0.4) is 0 Å². The summed E-state index contributed by atoms with van der Waals surface area (Å²) in [6.07, 6.45) is 1.79. The smallest absolute Gasteiger partial charge is 0.336 e. The maximum absolute atomic E-state index is 13.0. The van der Waals surface area contributed by atoms with Gasteiger partial charge in [-0.05, 0) is 30.5 Å². The number of nitrogens with zero attached hydrogens (tertiary/aromatic N) is 1. The van der Waals surface area contributed by atoms with Crippen molar-refractivity contribution in [1.82, 2.24) is 4.90 Å². The minimum atomic E-state index is -0.395. The van der Waals surface area contributed by atoms with Crippen LogP contribution >= 0.6 is 0 Å². The molecule has 2 aromatic rings. The van der Waals surface area contributed by atoms with Gasteiger partial charge in [0, 0.05) is 18.0 Å². The maximum atomic E-state index is 13.0. The molecular weight excluding hydrogens is 350 g/mol. The molecule has 1 unspecified atom stereocenters. The SMILES string of the molecule is C=CCOC(=O)C1=C(C)N(Cc2ccccc2C)C(=O)CC1c1ccccc1. The monoisotopic (exact) mass is 375 g/mol. The van der Waals surface area contributed by atoms with E-state index in [-0.39, 0.29) is 24.9 Å². The van der Waals surface area contributed by atoms with Crippen LogP contribution in [-0.2, 0) is 20.9 Å². The zero-order valence-corrected chi connectivity index (χ0v) is 16.4. The molecule has 0 fully saturated rings. The number of hydrogen-bond acceptors (Lipinski definition) is 3. The van der Waals surface area contributed by atoms with Crippen molar-refractivity contribution in [2.75, 3.05) is 6.61 Å². The Bertz CT molecular complexity index is 914. The van der Waals surface area contributed by atoms with Crippen LogP contribution in [-0.4, -0.2) is 23.4 Å². The quantitative estimate of drug-likeness (QED) is 0.551. The summed E-state index contributed by atoms with van der Waals surface area (Å²) in [5, 5.41) is 0. The van der Waals surface area contributed by atoms with Gasteiger partial charge in [-0.3, -0.25) is 4.79 Å². The highest BCUT2D eigenvalue weighted by Crippen LogP contribution is 2.37. The number of esters is 1. The summed E-state index contributed by atoms with van der Waals surface area (Å²) in [6.45, 7) is 8.04. The molecule has 4 nitrogen and oxygen atoms in total. The minimum Gasteiger partial charge on any atom is -0.458 e. The third kappa shape index (κ3) is 4.06. The summed E-state index contributed by atoms with van der Waals surface area (Å²) in [5.74, 6) is -0.692. The van der Waals surface area contributed by atoms with E-state index in [2.05, 4.69) is 6.58 Å². The number of aryl methyl sites for hydroxylation is 1. The Hall–Kier alpha value is -3.14. The Morgan fingerprint density at radius 1 is 1.14 bits per heavy atom. The molecule has 1 amide bonds. The van der Waals surface area contributed by atoms with Crippen LogP contribution in [0.5, 0.6) is 0 Å². The lowest BCUT2D eigenvalue weighted by molar-refractivity contribution is -0.139. The molecule has 1 atom stereocenters. The molecule has 0 bridgehead atoms. The number of benzene rings is 2. The highest BCUT2D eigenvalue weighted by Gasteiger charge is 2.36. The van der Waals surface area contributed by atoms with Crippen LogP contribution in [0, 0.1) is 6.92 Å². The fourth-order valence-corrected chi connectivity index (χ4v) is 3.61. The molecule has 1 aliphatic heterocycles. The number of allylic oxidation sites excluding steroid dienone is 1. The summed E-state index contributed by atoms with van der Waals surface area (Å²) in [5.41, 5.74) is 4.32. The van der Waals surface area contributed by atoms with Gasteiger partial charge in [0.05, 0.1) is 12.1 Å². The van der Waals surface area contributed by atoms with E-state index >= 15 is 0 Å². The highest BCUT2D eigenvalue weighted by atomic mass is 16.5. The molecule has 4 heteroatoms. The zero-order chi connectivity index (χ0) is 20.1. The first-order valence-corrected chi connectivity index (χ1v) is 9.41. The van der Waals surface area contributed by atoms with E-state index in [1.54, 1.807) is 11.0 Å². The van der Waals surface area contributed by atoms with Crippen molar-refractivity contribution in [2.24, 2.45) is 0 Å². The topological polar surface area (TPSA) is 46.6 Å². The molecule has 28 heavy (non-hydrogen) atoms. The Labute approximate surface area is 166 Å². The molecule has 3 rings (SSSR count). The molecule has 0 aliphatic carbocycles. The minimum absolute atomic E-state index is 0.00915. The molecule has 1 aliphatic rings. The fourth-order valence-electron chi connectivity index (χ4n) is 3.61. The third-order valence-electron chi connectivity index (χ3n) is 5.17. The van der Waals surface area contributed by atoms with Gasteiger partial charge in [0.1, 0.15) is 6.61 Å². The van der Waals surface area contributed by atoms with E-state index in [0.717, 1.165) is 16.7 Å². The van der Waals surface area contributed by atoms with E-state index in [9.17, 15) is 9.59 Å².